The molecule has 1 aliphatic rings. The Kier molecular flexibility index (Phi) is 8.28. The molecular formula is C22H27ClN4O5S. The van der Waals surface area contributed by atoms with E-state index in [1.807, 2.05) is 18.2 Å². The number of carbonyl (C=O) groups excluding carboxylic acids is 2. The number of ether oxygens (including phenoxy) is 1. The SMILES string of the molecule is CC(C)[C@H](NS(=O)(=O)c1ccc(Cl)cc1)C(=O)OCC(=O)N1CCN(c2ccccn2)CC1. The van der Waals surface area contributed by atoms with Gasteiger partial charge >= 0.3 is 5.97 Å². The van der Waals surface area contributed by atoms with Gasteiger partial charge in [0, 0.05) is 37.4 Å². The summed E-state index contributed by atoms with van der Waals surface area (Å²) in [6, 6.07) is 10.1. The van der Waals surface area contributed by atoms with Crippen LogP contribution in [0.5, 0.6) is 0 Å². The molecule has 1 N–H and O–H groups in total. The third-order valence-electron chi connectivity index (χ3n) is 5.27. The lowest BCUT2D eigenvalue weighted by molar-refractivity contribution is -0.154. The molecule has 0 unspecified atom stereocenters. The second-order valence-electron chi connectivity index (χ2n) is 7.96. The first-order chi connectivity index (χ1) is 15.7. The number of piperazine rings is 1. The highest BCUT2D eigenvalue weighted by atomic mass is 35.5. The predicted octanol–water partition coefficient (Wildman–Crippen LogP) is 1.93. The number of esters is 1. The van der Waals surface area contributed by atoms with E-state index >= 15 is 0 Å². The molecular weight excluding hydrogens is 468 g/mol. The molecule has 0 spiro atoms. The summed E-state index contributed by atoms with van der Waals surface area (Å²) in [7, 11) is -3.97. The summed E-state index contributed by atoms with van der Waals surface area (Å²) < 4.78 is 32.9. The van der Waals surface area contributed by atoms with E-state index in [1.165, 1.54) is 24.3 Å². The molecule has 3 rings (SSSR count). The van der Waals surface area contributed by atoms with E-state index in [-0.39, 0.29) is 10.8 Å². The molecule has 0 radical (unpaired) electrons. The van der Waals surface area contributed by atoms with Gasteiger partial charge in [0.1, 0.15) is 11.9 Å². The molecule has 1 aromatic carbocycles. The Balaban J connectivity index is 1.53. The Morgan fingerprint density at radius 3 is 2.33 bits per heavy atom. The average molecular weight is 495 g/mol. The van der Waals surface area contributed by atoms with E-state index in [0.717, 1.165) is 5.82 Å². The fourth-order valence-corrected chi connectivity index (χ4v) is 4.80. The van der Waals surface area contributed by atoms with Crippen LogP contribution in [0.3, 0.4) is 0 Å². The number of sulfonamides is 1. The largest absolute Gasteiger partial charge is 0.454 e. The number of pyridine rings is 1. The highest BCUT2D eigenvalue weighted by Crippen LogP contribution is 2.16. The number of benzene rings is 1. The van der Waals surface area contributed by atoms with Gasteiger partial charge < -0.3 is 14.5 Å². The van der Waals surface area contributed by atoms with Crippen LogP contribution in [0, 0.1) is 5.92 Å². The minimum absolute atomic E-state index is 0.0211. The maximum atomic E-state index is 12.6. The lowest BCUT2D eigenvalue weighted by Crippen LogP contribution is -2.51. The van der Waals surface area contributed by atoms with Crippen molar-refractivity contribution in [2.24, 2.45) is 5.92 Å². The number of hydrogen-bond acceptors (Lipinski definition) is 7. The highest BCUT2D eigenvalue weighted by molar-refractivity contribution is 7.89. The maximum Gasteiger partial charge on any atom is 0.324 e. The topological polar surface area (TPSA) is 109 Å². The summed E-state index contributed by atoms with van der Waals surface area (Å²) in [6.07, 6.45) is 1.72. The second kappa shape index (κ2) is 11.0. The van der Waals surface area contributed by atoms with Gasteiger partial charge in [-0.25, -0.2) is 13.4 Å². The zero-order valence-electron chi connectivity index (χ0n) is 18.5. The number of halogens is 1. The van der Waals surface area contributed by atoms with E-state index in [1.54, 1.807) is 24.9 Å². The monoisotopic (exact) mass is 494 g/mol. The lowest BCUT2D eigenvalue weighted by Gasteiger charge is -2.35. The summed E-state index contributed by atoms with van der Waals surface area (Å²) in [4.78, 5) is 33.1. The van der Waals surface area contributed by atoms with Gasteiger partial charge in [0.2, 0.25) is 10.0 Å². The zero-order chi connectivity index (χ0) is 24.0. The predicted molar refractivity (Wildman–Crippen MR) is 124 cm³/mol. The van der Waals surface area contributed by atoms with Gasteiger partial charge in [-0.05, 0) is 42.3 Å². The number of amides is 1. The first-order valence-corrected chi connectivity index (χ1v) is 12.4. The third kappa shape index (κ3) is 6.66. The van der Waals surface area contributed by atoms with Crippen molar-refractivity contribution in [2.75, 3.05) is 37.7 Å². The van der Waals surface area contributed by atoms with Gasteiger partial charge in [-0.1, -0.05) is 31.5 Å². The van der Waals surface area contributed by atoms with Gasteiger partial charge in [0.05, 0.1) is 4.90 Å². The van der Waals surface area contributed by atoms with Gasteiger partial charge in [0.15, 0.2) is 6.61 Å². The molecule has 0 bridgehead atoms. The van der Waals surface area contributed by atoms with Crippen molar-refractivity contribution in [3.63, 3.8) is 0 Å². The number of hydrogen-bond donors (Lipinski definition) is 1. The van der Waals surface area contributed by atoms with Gasteiger partial charge in [-0.15, -0.1) is 0 Å². The first-order valence-electron chi connectivity index (χ1n) is 10.6. The van der Waals surface area contributed by atoms with Crippen molar-refractivity contribution in [3.05, 3.63) is 53.7 Å². The molecule has 1 fully saturated rings. The summed E-state index contributed by atoms with van der Waals surface area (Å²) in [6.45, 7) is 5.12. The molecule has 1 aromatic heterocycles. The minimum Gasteiger partial charge on any atom is -0.454 e. The zero-order valence-corrected chi connectivity index (χ0v) is 20.1. The Morgan fingerprint density at radius 1 is 1.09 bits per heavy atom. The molecule has 1 aliphatic heterocycles. The summed E-state index contributed by atoms with van der Waals surface area (Å²) >= 11 is 5.81. The van der Waals surface area contributed by atoms with Crippen molar-refractivity contribution in [1.82, 2.24) is 14.6 Å². The quantitative estimate of drug-likeness (QED) is 0.558. The Hall–Kier alpha value is -2.69. The summed E-state index contributed by atoms with van der Waals surface area (Å²) in [5.74, 6) is -0.671. The van der Waals surface area contributed by atoms with Crippen LogP contribution in [0.25, 0.3) is 0 Å². The third-order valence-corrected chi connectivity index (χ3v) is 6.98. The van der Waals surface area contributed by atoms with Gasteiger partial charge in [-0.2, -0.15) is 4.72 Å². The molecule has 0 saturated carbocycles. The molecule has 1 saturated heterocycles. The van der Waals surface area contributed by atoms with Crippen LogP contribution in [0.1, 0.15) is 13.8 Å². The summed E-state index contributed by atoms with van der Waals surface area (Å²) in [5.41, 5.74) is 0. The number of aromatic nitrogens is 1. The van der Waals surface area contributed by atoms with Crippen LogP contribution < -0.4 is 9.62 Å². The van der Waals surface area contributed by atoms with Crippen molar-refractivity contribution < 1.29 is 22.7 Å². The van der Waals surface area contributed by atoms with Gasteiger partial charge in [-0.3, -0.25) is 9.59 Å². The lowest BCUT2D eigenvalue weighted by atomic mass is 10.1. The number of nitrogens with one attached hydrogen (secondary N) is 1. The molecule has 1 amide bonds. The van der Waals surface area contributed by atoms with Crippen LogP contribution in [0.2, 0.25) is 5.02 Å². The van der Waals surface area contributed by atoms with E-state index in [0.29, 0.717) is 31.2 Å². The standard InChI is InChI=1S/C22H27ClN4O5S/c1-16(2)21(25-33(30,31)18-8-6-17(23)7-9-18)22(29)32-15-20(28)27-13-11-26(12-14-27)19-5-3-4-10-24-19/h3-10,16,21,25H,11-15H2,1-2H3/t21-/m0/s1. The molecule has 11 heteroatoms. The van der Waals surface area contributed by atoms with Crippen molar-refractivity contribution >= 4 is 39.3 Å². The average Bonchev–Trinajstić information content (AvgIpc) is 2.81. The van der Waals surface area contributed by atoms with Crippen LogP contribution >= 0.6 is 11.6 Å². The highest BCUT2D eigenvalue weighted by Gasteiger charge is 2.31. The van der Waals surface area contributed by atoms with Crippen LogP contribution in [0.4, 0.5) is 5.82 Å². The van der Waals surface area contributed by atoms with Crippen molar-refractivity contribution in [3.8, 4) is 0 Å². The van der Waals surface area contributed by atoms with Crippen LogP contribution in [-0.2, 0) is 24.3 Å². The first kappa shape index (κ1) is 24.9. The Bertz CT molecular complexity index is 1060. The number of carbonyl (C=O) groups is 2. The number of rotatable bonds is 8. The van der Waals surface area contributed by atoms with Crippen molar-refractivity contribution in [2.45, 2.75) is 24.8 Å². The second-order valence-corrected chi connectivity index (χ2v) is 10.1. The maximum absolute atomic E-state index is 12.6. The molecule has 1 atom stereocenters. The molecule has 2 aromatic rings. The fraction of sp³-hybridized carbons (Fsp3) is 0.409. The van der Waals surface area contributed by atoms with E-state index in [4.69, 9.17) is 16.3 Å². The molecule has 178 valence electrons. The molecule has 33 heavy (non-hydrogen) atoms. The van der Waals surface area contributed by atoms with Crippen LogP contribution in [-0.4, -0.2) is 69.0 Å². The molecule has 0 aliphatic carbocycles. The van der Waals surface area contributed by atoms with E-state index in [9.17, 15) is 18.0 Å². The fourth-order valence-electron chi connectivity index (χ4n) is 3.34. The number of nitrogens with zero attached hydrogens (tertiary/aromatic N) is 3. The molecule has 9 nitrogen and oxygen atoms in total. The smallest absolute Gasteiger partial charge is 0.324 e. The Morgan fingerprint density at radius 2 is 1.76 bits per heavy atom. The molecule has 2 heterocycles. The minimum atomic E-state index is -3.97. The summed E-state index contributed by atoms with van der Waals surface area (Å²) in [5, 5.41) is 0.396. The normalized spacial score (nSPS) is 15.4. The van der Waals surface area contributed by atoms with Gasteiger partial charge in [0.25, 0.3) is 5.91 Å². The van der Waals surface area contributed by atoms with Crippen LogP contribution in [0.15, 0.2) is 53.6 Å². The van der Waals surface area contributed by atoms with E-state index < -0.39 is 34.6 Å². The Labute approximate surface area is 198 Å². The van der Waals surface area contributed by atoms with Crippen molar-refractivity contribution in [1.29, 1.82) is 0 Å². The van der Waals surface area contributed by atoms with E-state index in [2.05, 4.69) is 14.6 Å². The number of anilines is 1.